The summed E-state index contributed by atoms with van der Waals surface area (Å²) in [6, 6.07) is 0. The van der Waals surface area contributed by atoms with E-state index >= 15 is 0 Å². The maximum Gasteiger partial charge on any atom is 0.306 e. The minimum atomic E-state index is -2.01. The molecule has 0 radical (unpaired) electrons. The number of aliphatic carboxylic acids is 1. The molecule has 26 nitrogen and oxygen atoms in total. The molecule has 0 aromatic heterocycles. The third-order valence-electron chi connectivity index (χ3n) is 21.5. The summed E-state index contributed by atoms with van der Waals surface area (Å²) in [7, 11) is 0. The van der Waals surface area contributed by atoms with Gasteiger partial charge in [-0.3, -0.25) is 14.4 Å². The number of esters is 2. The van der Waals surface area contributed by atoms with E-state index in [-0.39, 0.29) is 25.4 Å². The van der Waals surface area contributed by atoms with Gasteiger partial charge in [0.15, 0.2) is 43.7 Å². The molecule has 104 heavy (non-hydrogen) atoms. The van der Waals surface area contributed by atoms with E-state index in [1.165, 1.54) is 117 Å². The Kier molecular flexibility index (Phi) is 46.1. The van der Waals surface area contributed by atoms with Gasteiger partial charge in [0.05, 0.1) is 37.1 Å². The molecule has 5 saturated heterocycles. The first kappa shape index (κ1) is 92.2. The minimum Gasteiger partial charge on any atom is -0.481 e. The molecule has 0 aromatic carbocycles. The molecule has 0 aliphatic carbocycles. The zero-order valence-electron chi connectivity index (χ0n) is 64.3. The van der Waals surface area contributed by atoms with E-state index in [9.17, 15) is 65.4 Å². The van der Waals surface area contributed by atoms with Crippen molar-refractivity contribution >= 4 is 17.9 Å². The number of carbonyl (C=O) groups is 3. The van der Waals surface area contributed by atoms with Gasteiger partial charge in [-0.2, -0.15) is 0 Å². The Morgan fingerprint density at radius 1 is 0.308 bits per heavy atom. The molecule has 0 aromatic rings. The predicted molar refractivity (Wildman–Crippen MR) is 385 cm³/mol. The average Bonchev–Trinajstić information content (AvgIpc) is 0.768. The maximum absolute atomic E-state index is 14.4. The van der Waals surface area contributed by atoms with Crippen molar-refractivity contribution in [2.75, 3.05) is 6.61 Å². The van der Waals surface area contributed by atoms with Gasteiger partial charge in [-0.1, -0.05) is 233 Å². The SMILES string of the molecule is CCCCCCCCCCCCCCCC(=O)O[C@@H]1[C@@H](O)[C@@H](O)[C@H](O[C@@H]2[C@@H](O[C@@H]3O[C@H](CO)[C@@H](O)[C@H](O)[C@H]3O)[C@@H](OC(=O)CCCCCCCCCCCCCCC)[C@H](O[C@@H]3[C@@H](O)[C@@H](O)[C@H](O[C@H]4[C@H](O[C@@H](CCCCC)CCCCCCCCCC(=O)O)O[C@H](C)[C@H](O)[C@@H]4O)O[C@H]3C)O[C@H]2C)O[C@H]1C. The molecule has 5 aliphatic rings. The van der Waals surface area contributed by atoms with E-state index in [1.807, 2.05) is 0 Å². The van der Waals surface area contributed by atoms with Crippen LogP contribution in [0.1, 0.15) is 312 Å². The van der Waals surface area contributed by atoms with Crippen LogP contribution < -0.4 is 0 Å². The standard InChI is InChI=1S/C78H142O26/c1-8-11-14-16-18-20-22-24-26-28-33-37-42-47-57(82)99-68-51(5)94-74(66(91)63(68)88)102-70-53(7)96-78(73(72(70)104-76-65(90)61(86)60(85)55(49-79)98-76)100-58(83)48-43-38-34-29-27-25-23-21-19-17-15-12-9-2)101-69-52(6)95-75(67(92)64(69)89)103-71-62(87)59(84)50(4)93-77(71)97-54(44-39-13-10-3)45-40-35-31-30-32-36-41-46-56(80)81/h50-55,59-79,84-92H,8-49H2,1-7H3,(H,80,81)/t50-,51+,52+,53+,54+,55-,59+,60-,61+,62+,63+,64+,65-,66-,67-,68+,69+,70+,71-,72-,73-,74+,75+,76+,77+,78+/m1/s1. The maximum atomic E-state index is 14.4. The summed E-state index contributed by atoms with van der Waals surface area (Å²) in [6.45, 7) is 11.8. The van der Waals surface area contributed by atoms with E-state index in [4.69, 9.17) is 61.9 Å². The molecule has 11 N–H and O–H groups in total. The second-order valence-corrected chi connectivity index (χ2v) is 30.4. The molecule has 5 rings (SSSR count). The Morgan fingerprint density at radius 2 is 0.635 bits per heavy atom. The van der Waals surface area contributed by atoms with E-state index < -0.39 is 178 Å². The van der Waals surface area contributed by atoms with Crippen molar-refractivity contribution in [1.29, 1.82) is 0 Å². The highest BCUT2D eigenvalue weighted by atomic mass is 16.8. The van der Waals surface area contributed by atoms with E-state index in [0.29, 0.717) is 38.5 Å². The second-order valence-electron chi connectivity index (χ2n) is 30.4. The number of hydrogen-bond acceptors (Lipinski definition) is 25. The average molecular weight is 1500 g/mol. The first-order valence-electron chi connectivity index (χ1n) is 41.0. The minimum absolute atomic E-state index is 0.0843. The third-order valence-corrected chi connectivity index (χ3v) is 21.5. The molecule has 0 bridgehead atoms. The van der Waals surface area contributed by atoms with E-state index in [0.717, 1.165) is 109 Å². The number of rotatable bonds is 55. The van der Waals surface area contributed by atoms with Crippen molar-refractivity contribution in [3.63, 3.8) is 0 Å². The van der Waals surface area contributed by atoms with Gasteiger partial charge in [-0.05, 0) is 59.8 Å². The van der Waals surface area contributed by atoms with Gasteiger partial charge in [0.1, 0.15) is 85.5 Å². The molecule has 26 heteroatoms. The molecule has 5 fully saturated rings. The highest BCUT2D eigenvalue weighted by molar-refractivity contribution is 5.70. The zero-order chi connectivity index (χ0) is 75.9. The zero-order valence-corrected chi connectivity index (χ0v) is 64.3. The fourth-order valence-corrected chi connectivity index (χ4v) is 14.8. The van der Waals surface area contributed by atoms with Crippen molar-refractivity contribution in [3.05, 3.63) is 0 Å². The Labute approximate surface area is 620 Å². The fraction of sp³-hybridized carbons (Fsp3) is 0.962. The summed E-state index contributed by atoms with van der Waals surface area (Å²) < 4.78 is 75.8. The monoisotopic (exact) mass is 1490 g/mol. The van der Waals surface area contributed by atoms with Crippen LogP contribution in [-0.4, -0.2) is 240 Å². The van der Waals surface area contributed by atoms with E-state index in [1.54, 1.807) is 6.92 Å². The van der Waals surface area contributed by atoms with Gasteiger partial charge in [0.25, 0.3) is 0 Å². The number of carbonyl (C=O) groups excluding carboxylic acids is 2. The molecule has 0 spiro atoms. The number of unbranched alkanes of at least 4 members (excludes halogenated alkanes) is 32. The quantitative estimate of drug-likeness (QED) is 0.0199. The molecule has 610 valence electrons. The molecule has 5 heterocycles. The normalized spacial score (nSPS) is 34.3. The molecular weight excluding hydrogens is 1350 g/mol. The molecular formula is C78H142O26. The smallest absolute Gasteiger partial charge is 0.306 e. The van der Waals surface area contributed by atoms with E-state index in [2.05, 4.69) is 20.8 Å². The van der Waals surface area contributed by atoms with Crippen molar-refractivity contribution in [1.82, 2.24) is 0 Å². The summed E-state index contributed by atoms with van der Waals surface area (Å²) in [6.07, 6.45) is -1.73. The number of hydrogen-bond donors (Lipinski definition) is 11. The number of carboxylic acid groups (broad SMARTS) is 1. The summed E-state index contributed by atoms with van der Waals surface area (Å²) >= 11 is 0. The van der Waals surface area contributed by atoms with Crippen molar-refractivity contribution in [2.45, 2.75) is 471 Å². The highest BCUT2D eigenvalue weighted by Crippen LogP contribution is 2.39. The van der Waals surface area contributed by atoms with Gasteiger partial charge in [-0.15, -0.1) is 0 Å². The van der Waals surface area contributed by atoms with Crippen LogP contribution in [0.3, 0.4) is 0 Å². The second kappa shape index (κ2) is 52.0. The lowest BCUT2D eigenvalue weighted by Crippen LogP contribution is -2.68. The van der Waals surface area contributed by atoms with Crippen LogP contribution in [0, 0.1) is 0 Å². The van der Waals surface area contributed by atoms with Gasteiger partial charge < -0.3 is 113 Å². The van der Waals surface area contributed by atoms with Crippen LogP contribution in [0.15, 0.2) is 0 Å². The van der Waals surface area contributed by atoms with Crippen LogP contribution in [0.5, 0.6) is 0 Å². The number of aliphatic hydroxyl groups excluding tert-OH is 10. The lowest BCUT2D eigenvalue weighted by molar-refractivity contribution is -0.400. The molecule has 0 unspecified atom stereocenters. The van der Waals surface area contributed by atoms with Crippen molar-refractivity contribution in [3.8, 4) is 0 Å². The Morgan fingerprint density at radius 3 is 1.11 bits per heavy atom. The highest BCUT2D eigenvalue weighted by Gasteiger charge is 2.58. The van der Waals surface area contributed by atoms with Crippen molar-refractivity contribution < 1.29 is 127 Å². The number of aliphatic hydroxyl groups is 10. The predicted octanol–water partition coefficient (Wildman–Crippen LogP) is 9.82. The van der Waals surface area contributed by atoms with Crippen LogP contribution in [0.4, 0.5) is 0 Å². The van der Waals surface area contributed by atoms with Crippen LogP contribution in [0.25, 0.3) is 0 Å². The molecule has 0 saturated carbocycles. The largest absolute Gasteiger partial charge is 0.481 e. The summed E-state index contributed by atoms with van der Waals surface area (Å²) in [5, 5.41) is 123. The topological polar surface area (TPSA) is 385 Å². The van der Waals surface area contributed by atoms with Crippen molar-refractivity contribution in [2.24, 2.45) is 0 Å². The number of ether oxygens (including phenoxy) is 12. The Balaban J connectivity index is 1.34. The molecule has 5 aliphatic heterocycles. The van der Waals surface area contributed by atoms with Crippen LogP contribution >= 0.6 is 0 Å². The van der Waals surface area contributed by atoms with Gasteiger partial charge in [0.2, 0.25) is 0 Å². The van der Waals surface area contributed by atoms with Crippen LogP contribution in [-0.2, 0) is 71.2 Å². The van der Waals surface area contributed by atoms with Crippen LogP contribution in [0.2, 0.25) is 0 Å². The summed E-state index contributed by atoms with van der Waals surface area (Å²) in [5.74, 6) is -2.15. The first-order chi connectivity index (χ1) is 50.1. The summed E-state index contributed by atoms with van der Waals surface area (Å²) in [4.78, 5) is 38.6. The first-order valence-corrected chi connectivity index (χ1v) is 41.0. The van der Waals surface area contributed by atoms with Gasteiger partial charge >= 0.3 is 17.9 Å². The lowest BCUT2D eigenvalue weighted by Gasteiger charge is -2.51. The van der Waals surface area contributed by atoms with Gasteiger partial charge in [0, 0.05) is 19.3 Å². The summed E-state index contributed by atoms with van der Waals surface area (Å²) in [5.41, 5.74) is 0. The van der Waals surface area contributed by atoms with Gasteiger partial charge in [-0.25, -0.2) is 0 Å². The Bertz CT molecular complexity index is 2240. The Hall–Kier alpha value is -2.39. The lowest BCUT2D eigenvalue weighted by atomic mass is 9.95. The fourth-order valence-electron chi connectivity index (χ4n) is 14.8. The molecule has 0 amide bonds. The third kappa shape index (κ3) is 31.8. The molecule has 26 atom stereocenters. The number of carboxylic acids is 1.